The number of aromatic nitrogens is 4. The van der Waals surface area contributed by atoms with E-state index in [-0.39, 0.29) is 0 Å². The lowest BCUT2D eigenvalue weighted by atomic mass is 9.98. The molecular formula is C51H32N4O. The zero-order valence-corrected chi connectivity index (χ0v) is 30.2. The van der Waals surface area contributed by atoms with Gasteiger partial charge in [0.25, 0.3) is 0 Å². The molecule has 0 bridgehead atoms. The Hall–Kier alpha value is -7.63. The van der Waals surface area contributed by atoms with Crippen LogP contribution in [0.25, 0.3) is 106 Å². The average Bonchev–Trinajstić information content (AvgIpc) is 3.83. The second-order valence-electron chi connectivity index (χ2n) is 14.0. The van der Waals surface area contributed by atoms with Crippen molar-refractivity contribution in [3.8, 4) is 62.1 Å². The van der Waals surface area contributed by atoms with Crippen molar-refractivity contribution in [3.63, 3.8) is 0 Å². The summed E-state index contributed by atoms with van der Waals surface area (Å²) in [7, 11) is 0. The molecule has 0 saturated carbocycles. The molecule has 0 aliphatic heterocycles. The van der Waals surface area contributed by atoms with E-state index < -0.39 is 0 Å². The van der Waals surface area contributed by atoms with Gasteiger partial charge in [0.15, 0.2) is 23.1 Å². The largest absolute Gasteiger partial charge is 0.454 e. The van der Waals surface area contributed by atoms with Crippen molar-refractivity contribution in [1.82, 2.24) is 19.5 Å². The molecule has 0 atom stereocenters. The maximum Gasteiger partial charge on any atom is 0.164 e. The second kappa shape index (κ2) is 13.0. The molecular weight excluding hydrogens is 685 g/mol. The second-order valence-corrected chi connectivity index (χ2v) is 14.0. The van der Waals surface area contributed by atoms with E-state index in [9.17, 15) is 0 Å². The van der Waals surface area contributed by atoms with Gasteiger partial charge in [-0.25, -0.2) is 15.0 Å². The Bertz CT molecular complexity index is 3170. The first-order valence-corrected chi connectivity index (χ1v) is 18.8. The predicted molar refractivity (Wildman–Crippen MR) is 229 cm³/mol. The van der Waals surface area contributed by atoms with Crippen molar-refractivity contribution in [2.24, 2.45) is 0 Å². The number of furan rings is 1. The number of rotatable bonds is 6. The summed E-state index contributed by atoms with van der Waals surface area (Å²) in [5.41, 5.74) is 12.1. The number of benzene rings is 8. The van der Waals surface area contributed by atoms with E-state index in [0.29, 0.717) is 17.5 Å². The molecule has 0 fully saturated rings. The molecule has 11 rings (SSSR count). The molecule has 8 aromatic carbocycles. The topological polar surface area (TPSA) is 56.7 Å². The smallest absolute Gasteiger partial charge is 0.164 e. The number of hydrogen-bond acceptors (Lipinski definition) is 4. The standard InChI is InChI=1S/C51H32N4O/c1-4-14-33(15-5-1)34-24-26-37(27-25-34)50-52-49(36-18-8-3-9-19-36)53-51(54-50)38-28-29-42-46(32-38)56-48-45(31-30-39(47(42)48)35-16-6-2-7-17-35)55-43-22-12-10-20-40(43)41-21-11-13-23-44(41)55/h1-32H. The lowest BCUT2D eigenvalue weighted by Gasteiger charge is -2.11. The van der Waals surface area contributed by atoms with Gasteiger partial charge < -0.3 is 8.98 Å². The van der Waals surface area contributed by atoms with Crippen molar-refractivity contribution in [1.29, 1.82) is 0 Å². The molecule has 0 amide bonds. The third kappa shape index (κ3) is 5.29. The van der Waals surface area contributed by atoms with Crippen molar-refractivity contribution < 1.29 is 4.42 Å². The van der Waals surface area contributed by atoms with Crippen LogP contribution in [0.3, 0.4) is 0 Å². The van der Waals surface area contributed by atoms with E-state index in [1.807, 2.05) is 36.4 Å². The molecule has 11 aromatic rings. The summed E-state index contributed by atoms with van der Waals surface area (Å²) in [6.45, 7) is 0. The van der Waals surface area contributed by atoms with Gasteiger partial charge >= 0.3 is 0 Å². The van der Waals surface area contributed by atoms with E-state index in [4.69, 9.17) is 19.4 Å². The van der Waals surface area contributed by atoms with E-state index in [2.05, 4.69) is 162 Å². The Balaban J connectivity index is 1.12. The van der Waals surface area contributed by atoms with E-state index in [1.54, 1.807) is 0 Å². The first kappa shape index (κ1) is 31.9. The summed E-state index contributed by atoms with van der Waals surface area (Å²) < 4.78 is 9.35. The maximum atomic E-state index is 7.02. The maximum absolute atomic E-state index is 7.02. The van der Waals surface area contributed by atoms with Gasteiger partial charge in [0.1, 0.15) is 5.58 Å². The summed E-state index contributed by atoms with van der Waals surface area (Å²) >= 11 is 0. The van der Waals surface area contributed by atoms with Crippen molar-refractivity contribution in [2.45, 2.75) is 0 Å². The van der Waals surface area contributed by atoms with Crippen LogP contribution in [0.5, 0.6) is 0 Å². The molecule has 5 heteroatoms. The molecule has 3 aromatic heterocycles. The first-order chi connectivity index (χ1) is 27.8. The van der Waals surface area contributed by atoms with Gasteiger partial charge in [0, 0.05) is 38.2 Å². The lowest BCUT2D eigenvalue weighted by Crippen LogP contribution is -2.00. The van der Waals surface area contributed by atoms with Gasteiger partial charge in [0.2, 0.25) is 0 Å². The van der Waals surface area contributed by atoms with Gasteiger partial charge in [0.05, 0.1) is 16.7 Å². The van der Waals surface area contributed by atoms with Crippen LogP contribution in [0.15, 0.2) is 199 Å². The molecule has 3 heterocycles. The highest BCUT2D eigenvalue weighted by Gasteiger charge is 2.22. The Morgan fingerprint density at radius 2 is 0.821 bits per heavy atom. The molecule has 0 aliphatic rings. The van der Waals surface area contributed by atoms with Crippen LogP contribution in [0.1, 0.15) is 0 Å². The highest BCUT2D eigenvalue weighted by molar-refractivity contribution is 6.17. The summed E-state index contributed by atoms with van der Waals surface area (Å²) in [6.07, 6.45) is 0. The Morgan fingerprint density at radius 3 is 1.45 bits per heavy atom. The molecule has 262 valence electrons. The van der Waals surface area contributed by atoms with Gasteiger partial charge in [-0.05, 0) is 52.6 Å². The quantitative estimate of drug-likeness (QED) is 0.172. The highest BCUT2D eigenvalue weighted by atomic mass is 16.3. The number of nitrogens with zero attached hydrogens (tertiary/aromatic N) is 4. The van der Waals surface area contributed by atoms with Crippen molar-refractivity contribution >= 4 is 43.7 Å². The van der Waals surface area contributed by atoms with Crippen LogP contribution in [-0.4, -0.2) is 19.5 Å². The molecule has 0 spiro atoms. The van der Waals surface area contributed by atoms with Crippen LogP contribution in [-0.2, 0) is 0 Å². The predicted octanol–water partition coefficient (Wildman–Crippen LogP) is 13.2. The van der Waals surface area contributed by atoms with Gasteiger partial charge in [-0.3, -0.25) is 0 Å². The SMILES string of the molecule is c1ccc(-c2ccc(-c3nc(-c4ccccc4)nc(-c4ccc5c(c4)oc4c(-n6c7ccccc7c7ccccc76)ccc(-c6ccccc6)c45)n3)cc2)cc1. The fraction of sp³-hybridized carbons (Fsp3) is 0. The van der Waals surface area contributed by atoms with Crippen LogP contribution in [0.4, 0.5) is 0 Å². The molecule has 5 nitrogen and oxygen atoms in total. The number of fused-ring (bicyclic) bond motifs is 6. The fourth-order valence-electron chi connectivity index (χ4n) is 8.01. The van der Waals surface area contributed by atoms with Crippen LogP contribution in [0, 0.1) is 0 Å². The van der Waals surface area contributed by atoms with Gasteiger partial charge in [-0.1, -0.05) is 164 Å². The van der Waals surface area contributed by atoms with Crippen molar-refractivity contribution in [2.75, 3.05) is 0 Å². The minimum absolute atomic E-state index is 0.578. The Kier molecular flexibility index (Phi) is 7.42. The fourth-order valence-corrected chi connectivity index (χ4v) is 8.01. The summed E-state index contributed by atoms with van der Waals surface area (Å²) in [5, 5.41) is 4.50. The summed E-state index contributed by atoms with van der Waals surface area (Å²) in [5.74, 6) is 1.80. The minimum atomic E-state index is 0.578. The molecule has 0 radical (unpaired) electrons. The number of hydrogen-bond donors (Lipinski definition) is 0. The van der Waals surface area contributed by atoms with Gasteiger partial charge in [-0.2, -0.15) is 0 Å². The Labute approximate surface area is 322 Å². The molecule has 56 heavy (non-hydrogen) atoms. The van der Waals surface area contributed by atoms with E-state index in [1.165, 1.54) is 10.8 Å². The number of para-hydroxylation sites is 2. The third-order valence-electron chi connectivity index (χ3n) is 10.7. The molecule has 0 saturated heterocycles. The van der Waals surface area contributed by atoms with Crippen LogP contribution < -0.4 is 0 Å². The normalized spacial score (nSPS) is 11.6. The summed E-state index contributed by atoms with van der Waals surface area (Å²) in [4.78, 5) is 15.1. The zero-order valence-electron chi connectivity index (χ0n) is 30.2. The molecule has 0 unspecified atom stereocenters. The lowest BCUT2D eigenvalue weighted by molar-refractivity contribution is 0.666. The first-order valence-electron chi connectivity index (χ1n) is 18.8. The zero-order chi connectivity index (χ0) is 37.0. The highest BCUT2D eigenvalue weighted by Crippen LogP contribution is 2.43. The molecule has 0 aliphatic carbocycles. The van der Waals surface area contributed by atoms with Gasteiger partial charge in [-0.15, -0.1) is 0 Å². The van der Waals surface area contributed by atoms with Crippen LogP contribution >= 0.6 is 0 Å². The monoisotopic (exact) mass is 716 g/mol. The molecule has 0 N–H and O–H groups in total. The van der Waals surface area contributed by atoms with Crippen molar-refractivity contribution in [3.05, 3.63) is 194 Å². The third-order valence-corrected chi connectivity index (χ3v) is 10.7. The van der Waals surface area contributed by atoms with E-state index in [0.717, 1.165) is 77.6 Å². The summed E-state index contributed by atoms with van der Waals surface area (Å²) in [6, 6.07) is 67.3. The average molecular weight is 717 g/mol. The Morgan fingerprint density at radius 1 is 0.357 bits per heavy atom. The van der Waals surface area contributed by atoms with E-state index >= 15 is 0 Å². The van der Waals surface area contributed by atoms with Crippen LogP contribution in [0.2, 0.25) is 0 Å². The minimum Gasteiger partial charge on any atom is -0.454 e.